The first-order valence-corrected chi connectivity index (χ1v) is 7.59. The number of rotatable bonds is 2. The lowest BCUT2D eigenvalue weighted by Gasteiger charge is -2.08. The van der Waals surface area contributed by atoms with E-state index in [4.69, 9.17) is 10.2 Å². The standard InChI is InChI=1S/C10H8O2.C9H13NO2/c11-9-3-1-7-2-4-10(12)6-8(7)5-9;1-3-10-7-4-5-8(11)6(2)9(7)12/h1-6,11-12H;4-5,10-12H,3H2,1-2H3. The van der Waals surface area contributed by atoms with E-state index in [1.807, 2.05) is 19.1 Å². The van der Waals surface area contributed by atoms with Crippen LogP contribution in [0.25, 0.3) is 10.8 Å². The summed E-state index contributed by atoms with van der Waals surface area (Å²) in [6, 6.07) is 13.3. The zero-order valence-electron chi connectivity index (χ0n) is 13.6. The minimum absolute atomic E-state index is 0.120. The summed E-state index contributed by atoms with van der Waals surface area (Å²) in [5.41, 5.74) is 1.17. The molecule has 0 aliphatic heterocycles. The van der Waals surface area contributed by atoms with Gasteiger partial charge >= 0.3 is 0 Å². The number of nitrogens with one attached hydrogen (secondary N) is 1. The molecule has 0 aromatic heterocycles. The third kappa shape index (κ3) is 4.01. The molecule has 0 heterocycles. The summed E-state index contributed by atoms with van der Waals surface area (Å²) in [6.07, 6.45) is 0. The van der Waals surface area contributed by atoms with Crippen LogP contribution in [0.15, 0.2) is 48.5 Å². The Morgan fingerprint density at radius 3 is 1.92 bits per heavy atom. The molecule has 0 bridgehead atoms. The van der Waals surface area contributed by atoms with E-state index in [0.29, 0.717) is 11.3 Å². The molecule has 3 rings (SSSR count). The molecule has 0 saturated carbocycles. The molecule has 24 heavy (non-hydrogen) atoms. The predicted molar refractivity (Wildman–Crippen MR) is 95.9 cm³/mol. The normalized spacial score (nSPS) is 10.1. The minimum atomic E-state index is 0.120. The molecular weight excluding hydrogens is 306 g/mol. The van der Waals surface area contributed by atoms with Crippen LogP contribution in [0.5, 0.6) is 23.0 Å². The lowest BCUT2D eigenvalue weighted by molar-refractivity contribution is 0.444. The van der Waals surface area contributed by atoms with Crippen LogP contribution in [0.3, 0.4) is 0 Å². The molecule has 5 nitrogen and oxygen atoms in total. The zero-order chi connectivity index (χ0) is 17.7. The molecule has 0 amide bonds. The van der Waals surface area contributed by atoms with E-state index in [0.717, 1.165) is 17.3 Å². The van der Waals surface area contributed by atoms with Crippen LogP contribution in [-0.4, -0.2) is 27.0 Å². The van der Waals surface area contributed by atoms with E-state index in [-0.39, 0.29) is 23.0 Å². The average molecular weight is 327 g/mol. The van der Waals surface area contributed by atoms with Crippen LogP contribution in [0.4, 0.5) is 5.69 Å². The van der Waals surface area contributed by atoms with Gasteiger partial charge in [-0.15, -0.1) is 0 Å². The fraction of sp³-hybridized carbons (Fsp3) is 0.158. The third-order valence-electron chi connectivity index (χ3n) is 3.58. The molecule has 0 saturated heterocycles. The van der Waals surface area contributed by atoms with Gasteiger partial charge < -0.3 is 25.7 Å². The Kier molecular flexibility index (Phi) is 5.37. The van der Waals surface area contributed by atoms with Gasteiger partial charge in [0.1, 0.15) is 23.0 Å². The van der Waals surface area contributed by atoms with Crippen LogP contribution >= 0.6 is 0 Å². The van der Waals surface area contributed by atoms with Crippen LogP contribution in [0.2, 0.25) is 0 Å². The Morgan fingerprint density at radius 2 is 1.38 bits per heavy atom. The van der Waals surface area contributed by atoms with Crippen molar-refractivity contribution in [2.45, 2.75) is 13.8 Å². The van der Waals surface area contributed by atoms with Gasteiger partial charge in [0.15, 0.2) is 0 Å². The van der Waals surface area contributed by atoms with Crippen molar-refractivity contribution < 1.29 is 20.4 Å². The van der Waals surface area contributed by atoms with Gasteiger partial charge in [-0.1, -0.05) is 12.1 Å². The van der Waals surface area contributed by atoms with Crippen molar-refractivity contribution in [3.8, 4) is 23.0 Å². The van der Waals surface area contributed by atoms with Crippen molar-refractivity contribution >= 4 is 16.5 Å². The first-order chi connectivity index (χ1) is 11.4. The summed E-state index contributed by atoms with van der Waals surface area (Å²) in [5, 5.41) is 41.8. The molecule has 0 unspecified atom stereocenters. The van der Waals surface area contributed by atoms with Crippen LogP contribution in [0, 0.1) is 6.92 Å². The van der Waals surface area contributed by atoms with E-state index in [2.05, 4.69) is 5.32 Å². The number of anilines is 1. The molecule has 5 N–H and O–H groups in total. The van der Waals surface area contributed by atoms with E-state index in [1.165, 1.54) is 0 Å². The van der Waals surface area contributed by atoms with Crippen molar-refractivity contribution in [2.24, 2.45) is 0 Å². The molecule has 0 atom stereocenters. The monoisotopic (exact) mass is 327 g/mol. The summed E-state index contributed by atoms with van der Waals surface area (Å²) in [4.78, 5) is 0. The summed E-state index contributed by atoms with van der Waals surface area (Å²) in [6.45, 7) is 4.37. The molecule has 0 aliphatic carbocycles. The number of benzene rings is 3. The average Bonchev–Trinajstić information content (AvgIpc) is 2.56. The van der Waals surface area contributed by atoms with Crippen molar-refractivity contribution in [2.75, 3.05) is 11.9 Å². The Morgan fingerprint density at radius 1 is 0.792 bits per heavy atom. The summed E-state index contributed by atoms with van der Waals surface area (Å²) in [7, 11) is 0. The van der Waals surface area contributed by atoms with Gasteiger partial charge in [0.05, 0.1) is 5.69 Å². The van der Waals surface area contributed by atoms with Gasteiger partial charge in [0, 0.05) is 12.1 Å². The van der Waals surface area contributed by atoms with Gasteiger partial charge in [-0.25, -0.2) is 0 Å². The fourth-order valence-corrected chi connectivity index (χ4v) is 2.24. The van der Waals surface area contributed by atoms with Crippen molar-refractivity contribution in [1.29, 1.82) is 0 Å². The zero-order valence-corrected chi connectivity index (χ0v) is 13.6. The second-order valence-electron chi connectivity index (χ2n) is 5.35. The van der Waals surface area contributed by atoms with Crippen molar-refractivity contribution in [1.82, 2.24) is 0 Å². The molecule has 0 aliphatic rings. The summed E-state index contributed by atoms with van der Waals surface area (Å²) in [5.74, 6) is 0.673. The lowest BCUT2D eigenvalue weighted by Crippen LogP contribution is -1.97. The maximum absolute atomic E-state index is 9.49. The predicted octanol–water partition coefficient (Wildman–Crippen LogP) is 4.09. The van der Waals surface area contributed by atoms with E-state index in [9.17, 15) is 10.2 Å². The molecule has 0 spiro atoms. The molecule has 3 aromatic rings. The highest BCUT2D eigenvalue weighted by atomic mass is 16.3. The van der Waals surface area contributed by atoms with Gasteiger partial charge in [0.25, 0.3) is 0 Å². The Balaban J connectivity index is 0.000000174. The number of hydrogen-bond donors (Lipinski definition) is 5. The number of fused-ring (bicyclic) bond motifs is 1. The van der Waals surface area contributed by atoms with Crippen LogP contribution in [-0.2, 0) is 0 Å². The quantitative estimate of drug-likeness (QED) is 0.361. The van der Waals surface area contributed by atoms with Crippen molar-refractivity contribution in [3.63, 3.8) is 0 Å². The second-order valence-corrected chi connectivity index (χ2v) is 5.35. The largest absolute Gasteiger partial charge is 0.508 e. The van der Waals surface area contributed by atoms with E-state index < -0.39 is 0 Å². The molecule has 3 aromatic carbocycles. The maximum atomic E-state index is 9.49. The summed E-state index contributed by atoms with van der Waals surface area (Å²) < 4.78 is 0. The number of phenolic OH excluding ortho intramolecular Hbond substituents is 4. The Bertz CT molecular complexity index is 809. The number of phenols is 4. The second kappa shape index (κ2) is 7.46. The highest BCUT2D eigenvalue weighted by Crippen LogP contribution is 2.32. The molecular formula is C19H21NO4. The minimum Gasteiger partial charge on any atom is -0.508 e. The van der Waals surface area contributed by atoms with Gasteiger partial charge in [0.2, 0.25) is 0 Å². The summed E-state index contributed by atoms with van der Waals surface area (Å²) >= 11 is 0. The van der Waals surface area contributed by atoms with E-state index in [1.54, 1.807) is 43.3 Å². The Hall–Kier alpha value is -3.08. The highest BCUT2D eigenvalue weighted by Gasteiger charge is 2.06. The number of aromatic hydroxyl groups is 4. The van der Waals surface area contributed by atoms with Crippen LogP contribution in [0.1, 0.15) is 12.5 Å². The molecule has 0 radical (unpaired) electrons. The Labute approximate surface area is 140 Å². The smallest absolute Gasteiger partial charge is 0.145 e. The molecule has 5 heteroatoms. The molecule has 126 valence electrons. The van der Waals surface area contributed by atoms with Crippen LogP contribution < -0.4 is 5.32 Å². The topological polar surface area (TPSA) is 93.0 Å². The van der Waals surface area contributed by atoms with Crippen molar-refractivity contribution in [3.05, 3.63) is 54.1 Å². The first-order valence-electron chi connectivity index (χ1n) is 7.59. The lowest BCUT2D eigenvalue weighted by atomic mass is 10.1. The maximum Gasteiger partial charge on any atom is 0.145 e. The first kappa shape index (κ1) is 17.3. The van der Waals surface area contributed by atoms with Gasteiger partial charge in [-0.3, -0.25) is 0 Å². The highest BCUT2D eigenvalue weighted by molar-refractivity contribution is 5.85. The molecule has 0 fully saturated rings. The van der Waals surface area contributed by atoms with E-state index >= 15 is 0 Å². The number of hydrogen-bond acceptors (Lipinski definition) is 5. The fourth-order valence-electron chi connectivity index (χ4n) is 2.24. The van der Waals surface area contributed by atoms with Gasteiger partial charge in [-0.05, 0) is 61.0 Å². The SMILES string of the molecule is CCNc1ccc(O)c(C)c1O.Oc1ccc2ccc(O)cc2c1. The third-order valence-corrected chi connectivity index (χ3v) is 3.58. The van der Waals surface area contributed by atoms with Gasteiger partial charge in [-0.2, -0.15) is 0 Å².